The first-order chi connectivity index (χ1) is 11.4. The lowest BCUT2D eigenvalue weighted by Crippen LogP contribution is -2.51. The van der Waals surface area contributed by atoms with E-state index >= 15 is 0 Å². The lowest BCUT2D eigenvalue weighted by Gasteiger charge is -2.41. The van der Waals surface area contributed by atoms with Crippen molar-refractivity contribution in [3.8, 4) is 0 Å². The maximum absolute atomic E-state index is 5.67. The normalized spacial score (nSPS) is 25.5. The topological polar surface area (TPSA) is 55.4 Å². The fourth-order valence-corrected chi connectivity index (χ4v) is 9.39. The summed E-state index contributed by atoms with van der Waals surface area (Å²) in [5.41, 5.74) is 0.589. The van der Waals surface area contributed by atoms with E-state index in [1.165, 1.54) is 0 Å². The van der Waals surface area contributed by atoms with Crippen LogP contribution in [0.15, 0.2) is 0 Å². The first-order valence-electron chi connectivity index (χ1n) is 8.71. The van der Waals surface area contributed by atoms with Crippen molar-refractivity contribution < 1.29 is 26.6 Å². The highest BCUT2D eigenvalue weighted by Gasteiger charge is 2.51. The van der Waals surface area contributed by atoms with E-state index in [0.29, 0.717) is 22.9 Å². The van der Waals surface area contributed by atoms with Crippen molar-refractivity contribution in [2.75, 3.05) is 42.7 Å². The SMILES string of the molecule is CO[Si](OC)(OC)C(C)C1CCC(C(C)[Si](OC)(OC)OC)CC1. The molecule has 0 heterocycles. The van der Waals surface area contributed by atoms with Gasteiger partial charge in [0.2, 0.25) is 0 Å². The maximum Gasteiger partial charge on any atom is 0.503 e. The van der Waals surface area contributed by atoms with Crippen LogP contribution in [0.3, 0.4) is 0 Å². The summed E-state index contributed by atoms with van der Waals surface area (Å²) in [6.45, 7) is 4.41. The average Bonchev–Trinajstić information content (AvgIpc) is 2.65. The summed E-state index contributed by atoms with van der Waals surface area (Å²) in [4.78, 5) is 0. The Hall–Kier alpha value is 0.194. The van der Waals surface area contributed by atoms with Crippen molar-refractivity contribution >= 4 is 17.6 Å². The molecule has 0 aliphatic heterocycles. The van der Waals surface area contributed by atoms with Crippen molar-refractivity contribution in [3.05, 3.63) is 0 Å². The summed E-state index contributed by atoms with van der Waals surface area (Å²) < 4.78 is 34.0. The van der Waals surface area contributed by atoms with Gasteiger partial charge in [0.15, 0.2) is 0 Å². The zero-order chi connectivity index (χ0) is 18.4. The second kappa shape index (κ2) is 9.77. The van der Waals surface area contributed by atoms with Crippen LogP contribution in [0.2, 0.25) is 11.1 Å². The maximum atomic E-state index is 5.67. The Morgan fingerprint density at radius 1 is 0.542 bits per heavy atom. The molecule has 0 saturated heterocycles. The number of rotatable bonds is 10. The van der Waals surface area contributed by atoms with Gasteiger partial charge >= 0.3 is 17.6 Å². The van der Waals surface area contributed by atoms with E-state index in [9.17, 15) is 0 Å². The highest BCUT2D eigenvalue weighted by Crippen LogP contribution is 2.46. The van der Waals surface area contributed by atoms with Gasteiger partial charge < -0.3 is 26.6 Å². The molecule has 0 aromatic carbocycles. The van der Waals surface area contributed by atoms with E-state index in [-0.39, 0.29) is 0 Å². The molecule has 144 valence electrons. The zero-order valence-corrected chi connectivity index (χ0v) is 18.6. The Kier molecular flexibility index (Phi) is 9.05. The molecule has 0 radical (unpaired) electrons. The van der Waals surface area contributed by atoms with Gasteiger partial charge in [-0.05, 0) is 37.5 Å². The molecule has 24 heavy (non-hydrogen) atoms. The summed E-state index contributed by atoms with van der Waals surface area (Å²) >= 11 is 0. The summed E-state index contributed by atoms with van der Waals surface area (Å²) in [5, 5.41) is 0. The Morgan fingerprint density at radius 3 is 0.917 bits per heavy atom. The molecule has 1 aliphatic carbocycles. The molecule has 8 heteroatoms. The molecule has 0 aromatic rings. The lowest BCUT2D eigenvalue weighted by molar-refractivity contribution is 0.0845. The van der Waals surface area contributed by atoms with Crippen molar-refractivity contribution in [1.29, 1.82) is 0 Å². The summed E-state index contributed by atoms with van der Waals surface area (Å²) in [6, 6.07) is 0. The van der Waals surface area contributed by atoms with E-state index in [2.05, 4.69) is 13.8 Å². The Labute approximate surface area is 149 Å². The van der Waals surface area contributed by atoms with Crippen LogP contribution in [0, 0.1) is 11.8 Å². The van der Waals surface area contributed by atoms with Gasteiger partial charge in [-0.2, -0.15) is 0 Å². The molecule has 0 bridgehead atoms. The Balaban J connectivity index is 2.72. The third-order valence-corrected chi connectivity index (χ3v) is 12.6. The van der Waals surface area contributed by atoms with Crippen molar-refractivity contribution in [3.63, 3.8) is 0 Å². The van der Waals surface area contributed by atoms with E-state index in [4.69, 9.17) is 26.6 Å². The van der Waals surface area contributed by atoms with Gasteiger partial charge in [-0.15, -0.1) is 0 Å². The van der Waals surface area contributed by atoms with Gasteiger partial charge in [0.1, 0.15) is 0 Å². The van der Waals surface area contributed by atoms with Crippen LogP contribution in [0.5, 0.6) is 0 Å². The smallest absolute Gasteiger partial charge is 0.377 e. The molecular formula is C16H36O6Si2. The molecule has 1 rings (SSSR count). The van der Waals surface area contributed by atoms with Crippen molar-refractivity contribution in [2.45, 2.75) is 50.6 Å². The zero-order valence-electron chi connectivity index (χ0n) is 16.6. The molecule has 0 amide bonds. The van der Waals surface area contributed by atoms with E-state index in [1.807, 2.05) is 0 Å². The fraction of sp³-hybridized carbons (Fsp3) is 1.00. The lowest BCUT2D eigenvalue weighted by atomic mass is 9.79. The van der Waals surface area contributed by atoms with Crippen LogP contribution in [-0.2, 0) is 26.6 Å². The van der Waals surface area contributed by atoms with Crippen LogP contribution in [0.25, 0.3) is 0 Å². The predicted molar refractivity (Wildman–Crippen MR) is 97.9 cm³/mol. The predicted octanol–water partition coefficient (Wildman–Crippen LogP) is 3.33. The third kappa shape index (κ3) is 4.29. The molecule has 0 N–H and O–H groups in total. The monoisotopic (exact) mass is 380 g/mol. The van der Waals surface area contributed by atoms with E-state index < -0.39 is 17.6 Å². The molecule has 0 spiro atoms. The van der Waals surface area contributed by atoms with Crippen LogP contribution in [-0.4, -0.2) is 60.3 Å². The molecule has 1 aliphatic rings. The molecule has 2 atom stereocenters. The first kappa shape index (κ1) is 22.2. The number of hydrogen-bond acceptors (Lipinski definition) is 6. The second-order valence-corrected chi connectivity index (χ2v) is 13.4. The molecule has 1 saturated carbocycles. The van der Waals surface area contributed by atoms with Crippen molar-refractivity contribution in [2.24, 2.45) is 11.8 Å². The van der Waals surface area contributed by atoms with Crippen LogP contribution < -0.4 is 0 Å². The van der Waals surface area contributed by atoms with Crippen LogP contribution >= 0.6 is 0 Å². The van der Waals surface area contributed by atoms with Crippen molar-refractivity contribution in [1.82, 2.24) is 0 Å². The second-order valence-electron chi connectivity index (χ2n) is 6.68. The third-order valence-electron chi connectivity index (χ3n) is 6.05. The van der Waals surface area contributed by atoms with Gasteiger partial charge in [-0.25, -0.2) is 0 Å². The minimum absolute atomic E-state index is 0.294. The van der Waals surface area contributed by atoms with Crippen LogP contribution in [0.1, 0.15) is 39.5 Å². The molecule has 0 aromatic heterocycles. The Bertz CT molecular complexity index is 304. The largest absolute Gasteiger partial charge is 0.503 e. The highest BCUT2D eigenvalue weighted by atomic mass is 28.4. The summed E-state index contributed by atoms with van der Waals surface area (Å²) in [5.74, 6) is 1.12. The average molecular weight is 381 g/mol. The first-order valence-corrected chi connectivity index (χ1v) is 12.3. The van der Waals surface area contributed by atoms with E-state index in [0.717, 1.165) is 25.7 Å². The quantitative estimate of drug-likeness (QED) is 0.542. The molecule has 6 nitrogen and oxygen atoms in total. The standard InChI is InChI=1S/C16H36O6Si2/c1-13(23(17-3,18-4)19-5)15-9-11-16(12-10-15)14(2)24(20-6,21-7)22-8/h13-16H,9-12H2,1-8H3. The fourth-order valence-electron chi connectivity index (χ4n) is 4.34. The highest BCUT2D eigenvalue weighted by molar-refractivity contribution is 6.62. The molecule has 1 fully saturated rings. The van der Waals surface area contributed by atoms with Gasteiger partial charge in [-0.3, -0.25) is 0 Å². The van der Waals surface area contributed by atoms with Crippen LogP contribution in [0.4, 0.5) is 0 Å². The number of hydrogen-bond donors (Lipinski definition) is 0. The molecular weight excluding hydrogens is 344 g/mol. The van der Waals surface area contributed by atoms with E-state index in [1.54, 1.807) is 42.7 Å². The minimum atomic E-state index is -2.58. The Morgan fingerprint density at radius 2 is 0.750 bits per heavy atom. The minimum Gasteiger partial charge on any atom is -0.377 e. The molecule has 2 unspecified atom stereocenters. The van der Waals surface area contributed by atoms with Gasteiger partial charge in [0.05, 0.1) is 0 Å². The van der Waals surface area contributed by atoms with Gasteiger partial charge in [0.25, 0.3) is 0 Å². The summed E-state index contributed by atoms with van der Waals surface area (Å²) in [7, 11) is 5.00. The van der Waals surface area contributed by atoms with Gasteiger partial charge in [-0.1, -0.05) is 13.8 Å². The summed E-state index contributed by atoms with van der Waals surface area (Å²) in [6.07, 6.45) is 4.57. The van der Waals surface area contributed by atoms with Gasteiger partial charge in [0, 0.05) is 53.7 Å².